The molecule has 7 heteroatoms. The highest BCUT2D eigenvalue weighted by atomic mass is 16.6. The molecule has 3 saturated heterocycles. The Hall–Kier alpha value is -0.280. The van der Waals surface area contributed by atoms with Gasteiger partial charge in [0.05, 0.1) is 65.1 Å². The molecule has 0 bridgehead atoms. The molecule has 22 heavy (non-hydrogen) atoms. The van der Waals surface area contributed by atoms with Crippen LogP contribution in [0, 0.1) is 0 Å². The maximum Gasteiger partial charge on any atom is 0.104 e. The fraction of sp³-hybridized carbons (Fsp3) is 1.00. The average Bonchev–Trinajstić information content (AvgIpc) is 3.38. The van der Waals surface area contributed by atoms with E-state index in [1.807, 2.05) is 0 Å². The van der Waals surface area contributed by atoms with Gasteiger partial charge in [0, 0.05) is 0 Å². The van der Waals surface area contributed by atoms with E-state index in [4.69, 9.17) is 28.4 Å². The van der Waals surface area contributed by atoms with Gasteiger partial charge in [-0.15, -0.1) is 0 Å². The number of ether oxygens (including phenoxy) is 6. The standard InChI is InChI=1S/C15H26O7/c16-11(1-2-12-7-19-12)3-17-4-13(20-9-15-10-22-15)5-18-6-14-8-21-14/h11-16H,1-10H2. The van der Waals surface area contributed by atoms with Crippen LogP contribution in [0.5, 0.6) is 0 Å². The molecule has 0 aliphatic carbocycles. The zero-order chi connectivity index (χ0) is 15.2. The van der Waals surface area contributed by atoms with Gasteiger partial charge in [-0.2, -0.15) is 0 Å². The molecular formula is C15H26O7. The lowest BCUT2D eigenvalue weighted by Gasteiger charge is -2.19. The Labute approximate surface area is 130 Å². The van der Waals surface area contributed by atoms with Gasteiger partial charge in [-0.05, 0) is 12.8 Å². The normalized spacial score (nSPS) is 31.8. The fourth-order valence-electron chi connectivity index (χ4n) is 2.08. The Bertz CT molecular complexity index is 315. The number of hydrogen-bond acceptors (Lipinski definition) is 7. The van der Waals surface area contributed by atoms with E-state index in [0.29, 0.717) is 45.6 Å². The van der Waals surface area contributed by atoms with E-state index >= 15 is 0 Å². The molecule has 7 nitrogen and oxygen atoms in total. The van der Waals surface area contributed by atoms with Crippen LogP contribution in [0.3, 0.4) is 0 Å². The summed E-state index contributed by atoms with van der Waals surface area (Å²) in [5.41, 5.74) is 0. The molecule has 0 aromatic rings. The van der Waals surface area contributed by atoms with E-state index in [9.17, 15) is 5.11 Å². The Morgan fingerprint density at radius 1 is 0.864 bits per heavy atom. The summed E-state index contributed by atoms with van der Waals surface area (Å²) in [4.78, 5) is 0. The molecule has 5 atom stereocenters. The number of epoxide rings is 3. The quantitative estimate of drug-likeness (QED) is 0.442. The summed E-state index contributed by atoms with van der Waals surface area (Å²) in [6.45, 7) is 4.75. The third kappa shape index (κ3) is 7.32. The fourth-order valence-corrected chi connectivity index (χ4v) is 2.08. The third-order valence-corrected chi connectivity index (χ3v) is 3.77. The van der Waals surface area contributed by atoms with Crippen LogP contribution in [0.25, 0.3) is 0 Å². The van der Waals surface area contributed by atoms with Crippen molar-refractivity contribution in [3.63, 3.8) is 0 Å². The summed E-state index contributed by atoms with van der Waals surface area (Å²) < 4.78 is 32.2. The van der Waals surface area contributed by atoms with Crippen molar-refractivity contribution in [1.29, 1.82) is 0 Å². The van der Waals surface area contributed by atoms with Gasteiger partial charge in [0.15, 0.2) is 0 Å². The summed E-state index contributed by atoms with van der Waals surface area (Å²) in [7, 11) is 0. The largest absolute Gasteiger partial charge is 0.391 e. The van der Waals surface area contributed by atoms with E-state index in [1.165, 1.54) is 0 Å². The molecule has 0 radical (unpaired) electrons. The monoisotopic (exact) mass is 318 g/mol. The van der Waals surface area contributed by atoms with Crippen LogP contribution in [0.2, 0.25) is 0 Å². The van der Waals surface area contributed by atoms with Gasteiger partial charge in [0.2, 0.25) is 0 Å². The van der Waals surface area contributed by atoms with E-state index in [2.05, 4.69) is 0 Å². The first-order valence-electron chi connectivity index (χ1n) is 8.09. The molecule has 3 fully saturated rings. The minimum atomic E-state index is -0.447. The van der Waals surface area contributed by atoms with Crippen molar-refractivity contribution < 1.29 is 33.5 Å². The van der Waals surface area contributed by atoms with Crippen molar-refractivity contribution in [3.05, 3.63) is 0 Å². The number of hydrogen-bond donors (Lipinski definition) is 1. The van der Waals surface area contributed by atoms with E-state index < -0.39 is 6.10 Å². The Morgan fingerprint density at radius 2 is 1.50 bits per heavy atom. The second-order valence-electron chi connectivity index (χ2n) is 6.13. The first-order chi connectivity index (χ1) is 10.8. The lowest BCUT2D eigenvalue weighted by Crippen LogP contribution is -2.30. The van der Waals surface area contributed by atoms with E-state index in [0.717, 1.165) is 26.2 Å². The molecule has 3 aliphatic heterocycles. The van der Waals surface area contributed by atoms with Crippen molar-refractivity contribution in [2.75, 3.05) is 52.9 Å². The van der Waals surface area contributed by atoms with Crippen molar-refractivity contribution in [2.45, 2.75) is 43.4 Å². The molecule has 0 amide bonds. The van der Waals surface area contributed by atoms with Gasteiger partial charge in [-0.1, -0.05) is 0 Å². The maximum absolute atomic E-state index is 9.83. The molecule has 0 aromatic carbocycles. The van der Waals surface area contributed by atoms with Gasteiger partial charge in [0.1, 0.15) is 18.3 Å². The molecule has 3 heterocycles. The van der Waals surface area contributed by atoms with Gasteiger partial charge in [0.25, 0.3) is 0 Å². The first kappa shape index (κ1) is 16.6. The lowest BCUT2D eigenvalue weighted by atomic mass is 10.2. The minimum absolute atomic E-state index is 0.137. The Balaban J connectivity index is 1.24. The predicted molar refractivity (Wildman–Crippen MR) is 75.8 cm³/mol. The van der Waals surface area contributed by atoms with Crippen LogP contribution in [-0.4, -0.2) is 88.5 Å². The molecule has 3 aliphatic rings. The molecular weight excluding hydrogens is 292 g/mol. The smallest absolute Gasteiger partial charge is 0.104 e. The van der Waals surface area contributed by atoms with Crippen LogP contribution in [0.1, 0.15) is 12.8 Å². The summed E-state index contributed by atoms with van der Waals surface area (Å²) in [5, 5.41) is 9.83. The zero-order valence-corrected chi connectivity index (χ0v) is 12.9. The molecule has 0 spiro atoms. The second-order valence-corrected chi connectivity index (χ2v) is 6.13. The maximum atomic E-state index is 9.83. The van der Waals surface area contributed by atoms with Gasteiger partial charge in [-0.25, -0.2) is 0 Å². The van der Waals surface area contributed by atoms with Gasteiger partial charge >= 0.3 is 0 Å². The summed E-state index contributed by atoms with van der Waals surface area (Å²) in [6.07, 6.45) is 1.84. The molecule has 0 saturated carbocycles. The molecule has 0 aromatic heterocycles. The van der Waals surface area contributed by atoms with Gasteiger partial charge in [-0.3, -0.25) is 0 Å². The van der Waals surface area contributed by atoms with E-state index in [1.54, 1.807) is 0 Å². The van der Waals surface area contributed by atoms with Crippen molar-refractivity contribution in [1.82, 2.24) is 0 Å². The van der Waals surface area contributed by atoms with Crippen molar-refractivity contribution in [2.24, 2.45) is 0 Å². The van der Waals surface area contributed by atoms with Crippen LogP contribution in [0.4, 0.5) is 0 Å². The van der Waals surface area contributed by atoms with Crippen LogP contribution in [0.15, 0.2) is 0 Å². The summed E-state index contributed by atoms with van der Waals surface area (Å²) in [5.74, 6) is 0. The highest BCUT2D eigenvalue weighted by Gasteiger charge is 2.26. The van der Waals surface area contributed by atoms with Crippen molar-refractivity contribution >= 4 is 0 Å². The second kappa shape index (κ2) is 8.54. The molecule has 128 valence electrons. The lowest BCUT2D eigenvalue weighted by molar-refractivity contribution is -0.0763. The first-order valence-corrected chi connectivity index (χ1v) is 8.09. The zero-order valence-electron chi connectivity index (χ0n) is 12.9. The molecule has 3 rings (SSSR count). The highest BCUT2D eigenvalue weighted by molar-refractivity contribution is 4.72. The third-order valence-electron chi connectivity index (χ3n) is 3.77. The highest BCUT2D eigenvalue weighted by Crippen LogP contribution is 2.17. The van der Waals surface area contributed by atoms with Gasteiger partial charge < -0.3 is 33.5 Å². The topological polar surface area (TPSA) is 85.5 Å². The number of aliphatic hydroxyl groups excluding tert-OH is 1. The molecule has 5 unspecified atom stereocenters. The Morgan fingerprint density at radius 3 is 2.18 bits per heavy atom. The Kier molecular flexibility index (Phi) is 6.43. The minimum Gasteiger partial charge on any atom is -0.391 e. The predicted octanol–water partition coefficient (Wildman–Crippen LogP) is -0.258. The summed E-state index contributed by atoms with van der Waals surface area (Å²) >= 11 is 0. The van der Waals surface area contributed by atoms with Crippen molar-refractivity contribution in [3.8, 4) is 0 Å². The number of rotatable bonds is 14. The van der Waals surface area contributed by atoms with Crippen LogP contribution >= 0.6 is 0 Å². The summed E-state index contributed by atoms with van der Waals surface area (Å²) in [6, 6.07) is 0. The van der Waals surface area contributed by atoms with Crippen LogP contribution < -0.4 is 0 Å². The molecule has 1 N–H and O–H groups in total. The number of aliphatic hydroxyl groups is 1. The van der Waals surface area contributed by atoms with E-state index in [-0.39, 0.29) is 18.3 Å². The SMILES string of the molecule is OC(CCC1CO1)COCC(COCC1CO1)OCC1CO1. The van der Waals surface area contributed by atoms with Crippen LogP contribution in [-0.2, 0) is 28.4 Å². The average molecular weight is 318 g/mol.